The SMILES string of the molecule is Cn1c(=O)c2c(nc3n2Cc2c(Cl)cccc2N3CCNC(=O)C2CCC2)n(C)c1=O. The molecule has 162 valence electrons. The molecule has 1 saturated carbocycles. The highest BCUT2D eigenvalue weighted by Gasteiger charge is 2.30. The molecule has 0 unspecified atom stereocenters. The summed E-state index contributed by atoms with van der Waals surface area (Å²) in [5, 5.41) is 3.60. The van der Waals surface area contributed by atoms with Crippen LogP contribution in [-0.4, -0.2) is 37.7 Å². The Morgan fingerprint density at radius 3 is 2.71 bits per heavy atom. The first-order valence-corrected chi connectivity index (χ1v) is 10.7. The van der Waals surface area contributed by atoms with Crippen LogP contribution in [0.5, 0.6) is 0 Å². The minimum absolute atomic E-state index is 0.0827. The molecule has 0 bridgehead atoms. The fourth-order valence-electron chi connectivity index (χ4n) is 4.34. The quantitative estimate of drug-likeness (QED) is 0.660. The Kier molecular flexibility index (Phi) is 4.65. The standard InChI is InChI=1S/C21H23ClN6O3/c1-25-17-16(19(30)26(2)21(25)31)28-11-13-14(22)7-4-8-15(13)27(20(28)24-17)10-9-23-18(29)12-5-3-6-12/h4,7-8,12H,3,5-6,9-11H2,1-2H3,(H,23,29). The highest BCUT2D eigenvalue weighted by Crippen LogP contribution is 2.38. The van der Waals surface area contributed by atoms with Gasteiger partial charge < -0.3 is 10.2 Å². The second-order valence-electron chi connectivity index (χ2n) is 8.18. The molecule has 2 aliphatic rings. The van der Waals surface area contributed by atoms with Crippen LogP contribution in [0.15, 0.2) is 27.8 Å². The molecule has 1 N–H and O–H groups in total. The molecule has 0 saturated heterocycles. The number of nitrogens with zero attached hydrogens (tertiary/aromatic N) is 5. The first-order chi connectivity index (χ1) is 14.9. The summed E-state index contributed by atoms with van der Waals surface area (Å²) < 4.78 is 4.27. The molecular formula is C21H23ClN6O3. The number of anilines is 2. The van der Waals surface area contributed by atoms with Crippen LogP contribution in [0.4, 0.5) is 11.6 Å². The Hall–Kier alpha value is -3.07. The Labute approximate surface area is 182 Å². The van der Waals surface area contributed by atoms with Crippen LogP contribution in [0, 0.1) is 5.92 Å². The number of hydrogen-bond acceptors (Lipinski definition) is 5. The number of benzene rings is 1. The second kappa shape index (κ2) is 7.26. The van der Waals surface area contributed by atoms with E-state index in [-0.39, 0.29) is 11.8 Å². The van der Waals surface area contributed by atoms with Gasteiger partial charge in [-0.25, -0.2) is 4.79 Å². The van der Waals surface area contributed by atoms with Crippen LogP contribution >= 0.6 is 11.6 Å². The molecule has 1 amide bonds. The smallest absolute Gasteiger partial charge is 0.332 e. The van der Waals surface area contributed by atoms with E-state index in [4.69, 9.17) is 11.6 Å². The minimum atomic E-state index is -0.428. The lowest BCUT2D eigenvalue weighted by atomic mass is 9.85. The topological polar surface area (TPSA) is 94.2 Å². The van der Waals surface area contributed by atoms with Crippen molar-refractivity contribution in [2.45, 2.75) is 25.8 Å². The summed E-state index contributed by atoms with van der Waals surface area (Å²) in [5.74, 6) is 0.755. The van der Waals surface area contributed by atoms with Crippen LogP contribution in [0.1, 0.15) is 24.8 Å². The number of halogens is 1. The Bertz CT molecular complexity index is 1330. The maximum Gasteiger partial charge on any atom is 0.332 e. The number of aromatic nitrogens is 4. The fourth-order valence-corrected chi connectivity index (χ4v) is 4.57. The zero-order chi connectivity index (χ0) is 21.9. The van der Waals surface area contributed by atoms with E-state index in [0.717, 1.165) is 35.1 Å². The molecule has 0 atom stereocenters. The number of carbonyl (C=O) groups excluding carboxylic acids is 1. The molecule has 2 aromatic heterocycles. The zero-order valence-corrected chi connectivity index (χ0v) is 18.1. The number of aryl methyl sites for hydroxylation is 1. The molecule has 3 heterocycles. The number of hydrogen-bond donors (Lipinski definition) is 1. The van der Waals surface area contributed by atoms with Crippen molar-refractivity contribution in [2.75, 3.05) is 18.0 Å². The van der Waals surface area contributed by atoms with Crippen LogP contribution < -0.4 is 21.5 Å². The molecule has 1 aromatic carbocycles. The van der Waals surface area contributed by atoms with Gasteiger partial charge in [-0.1, -0.05) is 24.1 Å². The summed E-state index contributed by atoms with van der Waals surface area (Å²) in [7, 11) is 3.06. The maximum atomic E-state index is 12.9. The van der Waals surface area contributed by atoms with E-state index in [2.05, 4.69) is 10.3 Å². The predicted octanol–water partition coefficient (Wildman–Crippen LogP) is 1.50. The first-order valence-electron chi connectivity index (χ1n) is 10.4. The normalized spacial score (nSPS) is 15.5. The molecule has 0 spiro atoms. The molecular weight excluding hydrogens is 420 g/mol. The minimum Gasteiger partial charge on any atom is -0.354 e. The summed E-state index contributed by atoms with van der Waals surface area (Å²) in [5.41, 5.74) is 1.62. The second-order valence-corrected chi connectivity index (χ2v) is 8.59. The largest absolute Gasteiger partial charge is 0.354 e. The van der Waals surface area contributed by atoms with E-state index >= 15 is 0 Å². The Morgan fingerprint density at radius 2 is 2.00 bits per heavy atom. The van der Waals surface area contributed by atoms with Gasteiger partial charge in [0.25, 0.3) is 5.56 Å². The summed E-state index contributed by atoms with van der Waals surface area (Å²) in [6.45, 7) is 1.27. The molecule has 0 radical (unpaired) electrons. The highest BCUT2D eigenvalue weighted by molar-refractivity contribution is 6.31. The van der Waals surface area contributed by atoms with Crippen molar-refractivity contribution in [1.29, 1.82) is 0 Å². The van der Waals surface area contributed by atoms with E-state index in [9.17, 15) is 14.4 Å². The van der Waals surface area contributed by atoms with Gasteiger partial charge in [0.05, 0.1) is 12.2 Å². The Balaban J connectivity index is 1.60. The van der Waals surface area contributed by atoms with E-state index in [1.807, 2.05) is 23.1 Å². The van der Waals surface area contributed by atoms with Crippen LogP contribution in [0.3, 0.4) is 0 Å². The van der Waals surface area contributed by atoms with Gasteiger partial charge in [0.1, 0.15) is 0 Å². The van der Waals surface area contributed by atoms with Gasteiger partial charge in [0, 0.05) is 43.7 Å². The molecule has 1 aliphatic carbocycles. The van der Waals surface area contributed by atoms with Crippen molar-refractivity contribution in [3.63, 3.8) is 0 Å². The summed E-state index contributed by atoms with van der Waals surface area (Å²) in [6.07, 6.45) is 3.00. The van der Waals surface area contributed by atoms with Crippen molar-refractivity contribution in [2.24, 2.45) is 20.0 Å². The van der Waals surface area contributed by atoms with Crippen molar-refractivity contribution in [3.05, 3.63) is 49.6 Å². The number of carbonyl (C=O) groups is 1. The average Bonchev–Trinajstić information content (AvgIpc) is 3.09. The monoisotopic (exact) mass is 442 g/mol. The molecule has 5 rings (SSSR count). The summed E-state index contributed by atoms with van der Waals surface area (Å²) in [4.78, 5) is 44.2. The number of fused-ring (bicyclic) bond motifs is 4. The lowest BCUT2D eigenvalue weighted by Crippen LogP contribution is -2.40. The van der Waals surface area contributed by atoms with Crippen molar-refractivity contribution in [3.8, 4) is 0 Å². The third kappa shape index (κ3) is 2.98. The predicted molar refractivity (Wildman–Crippen MR) is 118 cm³/mol. The van der Waals surface area contributed by atoms with Gasteiger partial charge >= 0.3 is 5.69 Å². The summed E-state index contributed by atoms with van der Waals surface area (Å²) in [6, 6.07) is 5.64. The van der Waals surface area contributed by atoms with Crippen molar-refractivity contribution < 1.29 is 4.79 Å². The van der Waals surface area contributed by atoms with Gasteiger partial charge in [-0.15, -0.1) is 0 Å². The molecule has 3 aromatic rings. The Morgan fingerprint density at radius 1 is 1.23 bits per heavy atom. The summed E-state index contributed by atoms with van der Waals surface area (Å²) >= 11 is 6.50. The van der Waals surface area contributed by atoms with Gasteiger partial charge in [0.2, 0.25) is 11.9 Å². The number of nitrogens with one attached hydrogen (secondary N) is 1. The van der Waals surface area contributed by atoms with Crippen LogP contribution in [0.2, 0.25) is 5.02 Å². The molecule has 9 nitrogen and oxygen atoms in total. The molecule has 1 fully saturated rings. The van der Waals surface area contributed by atoms with Gasteiger partial charge in [-0.2, -0.15) is 4.98 Å². The van der Waals surface area contributed by atoms with Gasteiger partial charge in [-0.05, 0) is 25.0 Å². The van der Waals surface area contributed by atoms with Gasteiger partial charge in [0.15, 0.2) is 11.2 Å². The van der Waals surface area contributed by atoms with E-state index in [1.54, 1.807) is 11.6 Å². The third-order valence-electron chi connectivity index (χ3n) is 6.38. The lowest BCUT2D eigenvalue weighted by Gasteiger charge is -2.32. The zero-order valence-electron chi connectivity index (χ0n) is 17.4. The highest BCUT2D eigenvalue weighted by atomic mass is 35.5. The van der Waals surface area contributed by atoms with Gasteiger partial charge in [-0.3, -0.25) is 23.3 Å². The third-order valence-corrected chi connectivity index (χ3v) is 6.74. The number of amides is 1. The first kappa shape index (κ1) is 19.9. The van der Waals surface area contributed by atoms with Crippen LogP contribution in [0.25, 0.3) is 11.2 Å². The average molecular weight is 443 g/mol. The maximum absolute atomic E-state index is 12.9. The molecule has 10 heteroatoms. The van der Waals surface area contributed by atoms with Crippen molar-refractivity contribution >= 4 is 40.3 Å². The number of imidazole rings is 1. The lowest BCUT2D eigenvalue weighted by molar-refractivity contribution is -0.127. The number of rotatable bonds is 4. The van der Waals surface area contributed by atoms with Crippen molar-refractivity contribution in [1.82, 2.24) is 24.0 Å². The fraction of sp³-hybridized carbons (Fsp3) is 0.429. The van der Waals surface area contributed by atoms with Crippen LogP contribution in [-0.2, 0) is 25.4 Å². The van der Waals surface area contributed by atoms with E-state index in [0.29, 0.717) is 41.8 Å². The molecule has 31 heavy (non-hydrogen) atoms. The van der Waals surface area contributed by atoms with E-state index < -0.39 is 11.2 Å². The van der Waals surface area contributed by atoms with E-state index in [1.165, 1.54) is 11.6 Å². The molecule has 1 aliphatic heterocycles.